The first-order chi connectivity index (χ1) is 18.7. The molecule has 5 fully saturated rings. The van der Waals surface area contributed by atoms with Crippen LogP contribution in [0.4, 0.5) is 4.79 Å². The highest BCUT2D eigenvalue weighted by Crippen LogP contribution is 2.77. The van der Waals surface area contributed by atoms with Crippen LogP contribution in [0.15, 0.2) is 30.9 Å². The van der Waals surface area contributed by atoms with Crippen LogP contribution >= 0.6 is 0 Å². The zero-order chi connectivity index (χ0) is 28.9. The van der Waals surface area contributed by atoms with E-state index in [-0.39, 0.29) is 39.8 Å². The summed E-state index contributed by atoms with van der Waals surface area (Å²) in [6.45, 7) is 18.8. The monoisotopic (exact) mass is 550 g/mol. The zero-order valence-electron chi connectivity index (χ0n) is 25.5. The lowest BCUT2D eigenvalue weighted by molar-refractivity contribution is -0.247. The number of allylic oxidation sites excluding steroid dienone is 1. The maximum absolute atomic E-state index is 12.9. The molecule has 40 heavy (non-hydrogen) atoms. The Morgan fingerprint density at radius 2 is 1.68 bits per heavy atom. The molecular formula is C34H50N2O4. The van der Waals surface area contributed by atoms with Crippen molar-refractivity contribution in [2.24, 2.45) is 56.7 Å². The van der Waals surface area contributed by atoms with Crippen LogP contribution in [0.5, 0.6) is 0 Å². The van der Waals surface area contributed by atoms with E-state index in [1.807, 2.05) is 0 Å². The number of carbonyl (C=O) groups excluding carboxylic acids is 1. The number of carbonyl (C=O) groups is 2. The minimum Gasteiger partial charge on any atom is -0.481 e. The lowest BCUT2D eigenvalue weighted by Gasteiger charge is -2.72. The van der Waals surface area contributed by atoms with Crippen molar-refractivity contribution < 1.29 is 19.4 Å². The van der Waals surface area contributed by atoms with Crippen molar-refractivity contribution in [2.75, 3.05) is 0 Å². The quantitative estimate of drug-likeness (QED) is 0.386. The van der Waals surface area contributed by atoms with Gasteiger partial charge < -0.3 is 9.84 Å². The molecule has 10 atom stereocenters. The molecule has 5 aliphatic rings. The van der Waals surface area contributed by atoms with Gasteiger partial charge in [0, 0.05) is 17.8 Å². The van der Waals surface area contributed by atoms with Gasteiger partial charge >= 0.3 is 12.1 Å². The Morgan fingerprint density at radius 3 is 2.33 bits per heavy atom. The third kappa shape index (κ3) is 3.49. The average molecular weight is 551 g/mol. The summed E-state index contributed by atoms with van der Waals surface area (Å²) in [5.41, 5.74) is 0.963. The first-order valence-electron chi connectivity index (χ1n) is 15.8. The molecule has 4 unspecified atom stereocenters. The van der Waals surface area contributed by atoms with Crippen molar-refractivity contribution in [3.63, 3.8) is 0 Å². The first-order valence-corrected chi connectivity index (χ1v) is 15.8. The van der Waals surface area contributed by atoms with Crippen LogP contribution < -0.4 is 0 Å². The van der Waals surface area contributed by atoms with Crippen LogP contribution in [0, 0.1) is 56.7 Å². The number of hydrogen-bond acceptors (Lipinski definition) is 4. The van der Waals surface area contributed by atoms with E-state index in [0.29, 0.717) is 23.7 Å². The fourth-order valence-corrected chi connectivity index (χ4v) is 12.2. The Hall–Kier alpha value is -2.11. The van der Waals surface area contributed by atoms with Crippen molar-refractivity contribution in [3.8, 4) is 0 Å². The third-order valence-corrected chi connectivity index (χ3v) is 14.4. The molecule has 5 aliphatic carbocycles. The van der Waals surface area contributed by atoms with Gasteiger partial charge in [-0.1, -0.05) is 46.8 Å². The largest absolute Gasteiger partial charge is 0.481 e. The molecule has 1 aromatic heterocycles. The van der Waals surface area contributed by atoms with Crippen LogP contribution in [0.2, 0.25) is 0 Å². The molecule has 0 amide bonds. The summed E-state index contributed by atoms with van der Waals surface area (Å²) in [5.74, 6) is 1.47. The average Bonchev–Trinajstić information content (AvgIpc) is 3.55. The van der Waals surface area contributed by atoms with Gasteiger partial charge in [0.1, 0.15) is 12.4 Å². The molecule has 6 rings (SSSR count). The van der Waals surface area contributed by atoms with Crippen molar-refractivity contribution in [2.45, 2.75) is 112 Å². The summed E-state index contributed by atoms with van der Waals surface area (Å²) < 4.78 is 7.58. The molecular weight excluding hydrogens is 500 g/mol. The molecule has 220 valence electrons. The summed E-state index contributed by atoms with van der Waals surface area (Å²) in [7, 11) is 0. The van der Waals surface area contributed by atoms with Gasteiger partial charge in [0.2, 0.25) is 0 Å². The van der Waals surface area contributed by atoms with Crippen molar-refractivity contribution in [3.05, 3.63) is 30.9 Å². The summed E-state index contributed by atoms with van der Waals surface area (Å²) in [4.78, 5) is 29.8. The number of nitrogens with zero attached hydrogens (tertiary/aromatic N) is 2. The SMILES string of the molecule is C=C(C)[C@@H]1CC[C@]2(C(=O)O)CC[C@]3(C)C(CCC4[C@@]5(C)CC[C@H](OC(=O)n6ccnc6)C(C)(C)C5CC[C@]43C)C12. The van der Waals surface area contributed by atoms with Crippen LogP contribution in [-0.2, 0) is 9.53 Å². The molecule has 0 saturated heterocycles. The Bertz CT molecular complexity index is 1210. The second-order valence-corrected chi connectivity index (χ2v) is 15.8. The third-order valence-electron chi connectivity index (χ3n) is 14.4. The summed E-state index contributed by atoms with van der Waals surface area (Å²) in [6, 6.07) is 0. The molecule has 0 bridgehead atoms. The standard InChI is InChI=1S/C34H50N2O4/c1-21(2)22-10-15-34(28(37)38)17-16-32(6)23(27(22)34)8-9-25-31(5)13-12-26(40-29(39)36-19-18-35-20-36)30(3,4)24(31)11-14-33(25,32)7/h18-20,22-27H,1,8-17H2,2-7H3,(H,37,38)/t22-,23?,24?,25?,26-,27?,31-,32+,33+,34-/m0/s1. The van der Waals surface area contributed by atoms with Crippen LogP contribution in [0.3, 0.4) is 0 Å². The molecule has 0 radical (unpaired) electrons. The van der Waals surface area contributed by atoms with Crippen molar-refractivity contribution >= 4 is 12.1 Å². The predicted octanol–water partition coefficient (Wildman–Crippen LogP) is 7.98. The van der Waals surface area contributed by atoms with Crippen LogP contribution in [-0.4, -0.2) is 32.8 Å². The van der Waals surface area contributed by atoms with Crippen molar-refractivity contribution in [1.82, 2.24) is 9.55 Å². The molecule has 1 heterocycles. The van der Waals surface area contributed by atoms with Gasteiger partial charge in [0.15, 0.2) is 0 Å². The number of carboxylic acids is 1. The molecule has 0 aromatic carbocycles. The lowest BCUT2D eigenvalue weighted by atomic mass is 9.32. The lowest BCUT2D eigenvalue weighted by Crippen LogP contribution is -2.67. The smallest absolute Gasteiger partial charge is 0.419 e. The topological polar surface area (TPSA) is 81.4 Å². The maximum atomic E-state index is 12.9. The number of imidazole rings is 1. The van der Waals surface area contributed by atoms with E-state index in [1.54, 1.807) is 12.4 Å². The van der Waals surface area contributed by atoms with Gasteiger partial charge in [-0.15, -0.1) is 0 Å². The molecule has 1 aromatic rings. The van der Waals surface area contributed by atoms with Gasteiger partial charge in [-0.05, 0) is 117 Å². The van der Waals surface area contributed by atoms with Gasteiger partial charge in [-0.25, -0.2) is 14.3 Å². The van der Waals surface area contributed by atoms with Gasteiger partial charge in [0.25, 0.3) is 0 Å². The number of ether oxygens (including phenoxy) is 1. The first kappa shape index (κ1) is 28.0. The molecule has 6 heteroatoms. The van der Waals surface area contributed by atoms with Gasteiger partial charge in [-0.3, -0.25) is 4.79 Å². The predicted molar refractivity (Wildman–Crippen MR) is 154 cm³/mol. The molecule has 0 aliphatic heterocycles. The van der Waals surface area contributed by atoms with Gasteiger partial charge in [0.05, 0.1) is 5.41 Å². The van der Waals surface area contributed by atoms with E-state index < -0.39 is 11.4 Å². The number of aliphatic carboxylic acids is 1. The second kappa shape index (κ2) is 8.94. The highest BCUT2D eigenvalue weighted by atomic mass is 16.6. The normalized spacial score (nSPS) is 47.2. The number of fused-ring (bicyclic) bond motifs is 7. The minimum atomic E-state index is -0.572. The highest BCUT2D eigenvalue weighted by Gasteiger charge is 2.72. The Morgan fingerprint density at radius 1 is 0.925 bits per heavy atom. The van der Waals surface area contributed by atoms with Crippen molar-refractivity contribution in [1.29, 1.82) is 0 Å². The Kier molecular flexibility index (Phi) is 6.27. The summed E-state index contributed by atoms with van der Waals surface area (Å²) in [6.07, 6.45) is 14.5. The Labute approximate surface area is 240 Å². The number of rotatable bonds is 3. The van der Waals surface area contributed by atoms with E-state index in [4.69, 9.17) is 4.74 Å². The molecule has 6 nitrogen and oxygen atoms in total. The number of carboxylic acid groups (broad SMARTS) is 1. The molecule has 5 saturated carbocycles. The number of hydrogen-bond donors (Lipinski definition) is 1. The van der Waals surface area contributed by atoms with E-state index in [1.165, 1.54) is 29.3 Å². The fourth-order valence-electron chi connectivity index (χ4n) is 12.2. The molecule has 0 spiro atoms. The fraction of sp³-hybridized carbons (Fsp3) is 0.794. The van der Waals surface area contributed by atoms with E-state index >= 15 is 0 Å². The van der Waals surface area contributed by atoms with E-state index in [9.17, 15) is 14.7 Å². The van der Waals surface area contributed by atoms with Gasteiger partial charge in [-0.2, -0.15) is 0 Å². The van der Waals surface area contributed by atoms with Crippen LogP contribution in [0.25, 0.3) is 0 Å². The minimum absolute atomic E-state index is 0.113. The maximum Gasteiger partial charge on any atom is 0.419 e. The summed E-state index contributed by atoms with van der Waals surface area (Å²) >= 11 is 0. The second-order valence-electron chi connectivity index (χ2n) is 15.8. The molecule has 1 N–H and O–H groups in total. The Balaban J connectivity index is 1.31. The van der Waals surface area contributed by atoms with E-state index in [2.05, 4.69) is 53.1 Å². The summed E-state index contributed by atoms with van der Waals surface area (Å²) in [5, 5.41) is 10.6. The van der Waals surface area contributed by atoms with E-state index in [0.717, 1.165) is 51.4 Å². The number of aromatic nitrogens is 2. The highest BCUT2D eigenvalue weighted by molar-refractivity contribution is 5.76. The van der Waals surface area contributed by atoms with Crippen LogP contribution in [0.1, 0.15) is 106 Å². The zero-order valence-corrected chi connectivity index (χ0v) is 25.5.